The number of aliphatic hydroxyl groups is 2. The Labute approximate surface area is 179 Å². The number of carbonyl (C=O) groups is 3. The molecule has 166 valence electrons. The summed E-state index contributed by atoms with van der Waals surface area (Å²) in [5.74, 6) is -0.818. The lowest BCUT2D eigenvalue weighted by Crippen LogP contribution is -2.18. The van der Waals surface area contributed by atoms with E-state index in [2.05, 4.69) is 17.2 Å². The summed E-state index contributed by atoms with van der Waals surface area (Å²) in [6.07, 6.45) is 0.465. The zero-order valence-corrected chi connectivity index (χ0v) is 17.0. The molecule has 31 heavy (non-hydrogen) atoms. The fraction of sp³-hybridized carbons (Fsp3) is 0.318. The van der Waals surface area contributed by atoms with Crippen molar-refractivity contribution in [3.63, 3.8) is 0 Å². The fourth-order valence-electron chi connectivity index (χ4n) is 2.81. The van der Waals surface area contributed by atoms with Crippen molar-refractivity contribution in [2.45, 2.75) is 25.4 Å². The summed E-state index contributed by atoms with van der Waals surface area (Å²) in [7, 11) is 0. The van der Waals surface area contributed by atoms with E-state index in [9.17, 15) is 19.5 Å². The molecule has 2 amide bonds. The molecular weight excluding hydrogens is 404 g/mol. The van der Waals surface area contributed by atoms with Crippen molar-refractivity contribution in [2.24, 2.45) is 0 Å². The van der Waals surface area contributed by atoms with Gasteiger partial charge >= 0.3 is 12.1 Å². The van der Waals surface area contributed by atoms with Gasteiger partial charge in [0.25, 0.3) is 0 Å². The molecule has 2 aromatic rings. The number of benzene rings is 2. The van der Waals surface area contributed by atoms with Gasteiger partial charge in [-0.2, -0.15) is 0 Å². The van der Waals surface area contributed by atoms with Gasteiger partial charge in [0.2, 0.25) is 5.91 Å². The maximum Gasteiger partial charge on any atom is 0.411 e. The first kappa shape index (κ1) is 23.8. The van der Waals surface area contributed by atoms with Gasteiger partial charge < -0.3 is 25.0 Å². The Morgan fingerprint density at radius 3 is 2.23 bits per heavy atom. The molecule has 9 heteroatoms. The third-order valence-corrected chi connectivity index (χ3v) is 4.31. The van der Waals surface area contributed by atoms with Crippen LogP contribution in [0.3, 0.4) is 0 Å². The summed E-state index contributed by atoms with van der Waals surface area (Å²) >= 11 is 0. The van der Waals surface area contributed by atoms with E-state index in [0.717, 1.165) is 11.5 Å². The zero-order chi connectivity index (χ0) is 22.6. The average molecular weight is 430 g/mol. The molecular formula is C22H26N2O7. The van der Waals surface area contributed by atoms with Crippen LogP contribution in [0, 0.1) is 0 Å². The smallest absolute Gasteiger partial charge is 0.411 e. The van der Waals surface area contributed by atoms with Crippen LogP contribution in [0.2, 0.25) is 0 Å². The zero-order valence-electron chi connectivity index (χ0n) is 17.0. The van der Waals surface area contributed by atoms with Crippen LogP contribution in [0.1, 0.15) is 19.3 Å². The van der Waals surface area contributed by atoms with Gasteiger partial charge in [-0.1, -0.05) is 30.8 Å². The molecule has 0 aliphatic carbocycles. The lowest BCUT2D eigenvalue weighted by Gasteiger charge is -2.13. The molecule has 0 saturated carbocycles. The Morgan fingerprint density at radius 2 is 1.61 bits per heavy atom. The average Bonchev–Trinajstić information content (AvgIpc) is 2.77. The summed E-state index contributed by atoms with van der Waals surface area (Å²) in [6.45, 7) is 2.75. The largest absolute Gasteiger partial charge is 0.459 e. The molecule has 0 radical (unpaired) electrons. The number of hydrogen-bond donors (Lipinski definition) is 4. The monoisotopic (exact) mass is 430 g/mol. The second-order valence-electron chi connectivity index (χ2n) is 6.62. The van der Waals surface area contributed by atoms with Crippen LogP contribution in [-0.2, 0) is 19.1 Å². The number of aliphatic hydroxyl groups excluding tert-OH is 2. The fourth-order valence-corrected chi connectivity index (χ4v) is 2.81. The first-order valence-corrected chi connectivity index (χ1v) is 9.78. The van der Waals surface area contributed by atoms with Crippen LogP contribution >= 0.6 is 0 Å². The minimum atomic E-state index is -0.826. The molecule has 0 spiro atoms. The van der Waals surface area contributed by atoms with Crippen LogP contribution in [0.15, 0.2) is 49.1 Å². The highest BCUT2D eigenvalue weighted by atomic mass is 16.6. The number of nitrogens with one attached hydrogen (secondary N) is 2. The van der Waals surface area contributed by atoms with E-state index in [-0.39, 0.29) is 32.1 Å². The minimum Gasteiger partial charge on any atom is -0.459 e. The van der Waals surface area contributed by atoms with Crippen molar-refractivity contribution in [2.75, 3.05) is 30.5 Å². The molecule has 0 heterocycles. The van der Waals surface area contributed by atoms with Crippen molar-refractivity contribution in [1.29, 1.82) is 0 Å². The van der Waals surface area contributed by atoms with E-state index in [1.54, 1.807) is 30.3 Å². The highest BCUT2D eigenvalue weighted by Crippen LogP contribution is 2.29. The summed E-state index contributed by atoms with van der Waals surface area (Å²) in [6, 6.07) is 10.5. The lowest BCUT2D eigenvalue weighted by molar-refractivity contribution is -0.138. The predicted molar refractivity (Wildman–Crippen MR) is 116 cm³/mol. The Hall–Kier alpha value is -3.43. The number of esters is 1. The molecule has 0 saturated heterocycles. The third kappa shape index (κ3) is 7.72. The summed E-state index contributed by atoms with van der Waals surface area (Å²) in [5.41, 5.74) is 1.08. The van der Waals surface area contributed by atoms with Crippen molar-refractivity contribution in [1.82, 2.24) is 0 Å². The maximum absolute atomic E-state index is 12.2. The van der Waals surface area contributed by atoms with E-state index in [0.29, 0.717) is 29.6 Å². The Morgan fingerprint density at radius 1 is 1.00 bits per heavy atom. The molecule has 4 N–H and O–H groups in total. The molecule has 0 bridgehead atoms. The van der Waals surface area contributed by atoms with E-state index < -0.39 is 18.2 Å². The van der Waals surface area contributed by atoms with Gasteiger partial charge in [-0.3, -0.25) is 10.1 Å². The SMILES string of the molecule is C=CC(=O)OCCOC(=O)Nc1cccc2c(NC(=O)CCCC(O)CO)cccc12. The summed E-state index contributed by atoms with van der Waals surface area (Å²) in [4.78, 5) is 35.2. The normalized spacial score (nSPS) is 11.4. The third-order valence-electron chi connectivity index (χ3n) is 4.31. The van der Waals surface area contributed by atoms with Crippen LogP contribution in [0.5, 0.6) is 0 Å². The highest BCUT2D eigenvalue weighted by Gasteiger charge is 2.11. The van der Waals surface area contributed by atoms with Crippen molar-refractivity contribution >= 4 is 40.1 Å². The topological polar surface area (TPSA) is 134 Å². The van der Waals surface area contributed by atoms with Gasteiger partial charge in [0, 0.05) is 29.0 Å². The van der Waals surface area contributed by atoms with E-state index >= 15 is 0 Å². The van der Waals surface area contributed by atoms with E-state index in [1.165, 1.54) is 0 Å². The van der Waals surface area contributed by atoms with Crippen LogP contribution in [0.25, 0.3) is 10.8 Å². The molecule has 0 aliphatic heterocycles. The first-order chi connectivity index (χ1) is 14.9. The quantitative estimate of drug-likeness (QED) is 0.244. The molecule has 0 aliphatic rings. The van der Waals surface area contributed by atoms with E-state index in [1.807, 2.05) is 6.07 Å². The number of anilines is 2. The second-order valence-corrected chi connectivity index (χ2v) is 6.62. The highest BCUT2D eigenvalue weighted by molar-refractivity contribution is 6.08. The van der Waals surface area contributed by atoms with Gasteiger partial charge in [-0.15, -0.1) is 0 Å². The Bertz CT molecular complexity index is 929. The molecule has 2 rings (SSSR count). The van der Waals surface area contributed by atoms with Gasteiger partial charge in [0.15, 0.2) is 0 Å². The Balaban J connectivity index is 1.98. The van der Waals surface area contributed by atoms with Gasteiger partial charge in [-0.25, -0.2) is 9.59 Å². The number of amides is 2. The van der Waals surface area contributed by atoms with Crippen LogP contribution < -0.4 is 10.6 Å². The first-order valence-electron chi connectivity index (χ1n) is 9.78. The number of rotatable bonds is 11. The molecule has 2 aromatic carbocycles. The number of ether oxygens (including phenoxy) is 2. The van der Waals surface area contributed by atoms with Crippen molar-refractivity contribution < 1.29 is 34.1 Å². The Kier molecular flexibility index (Phi) is 9.47. The van der Waals surface area contributed by atoms with Gasteiger partial charge in [-0.05, 0) is 25.0 Å². The number of fused-ring (bicyclic) bond motifs is 1. The summed E-state index contributed by atoms with van der Waals surface area (Å²) < 4.78 is 9.72. The second kappa shape index (κ2) is 12.3. The molecule has 9 nitrogen and oxygen atoms in total. The van der Waals surface area contributed by atoms with Crippen molar-refractivity contribution in [3.8, 4) is 0 Å². The minimum absolute atomic E-state index is 0.0840. The molecule has 1 atom stereocenters. The van der Waals surface area contributed by atoms with Gasteiger partial charge in [0.05, 0.1) is 18.4 Å². The van der Waals surface area contributed by atoms with Crippen LogP contribution in [-0.4, -0.2) is 54.1 Å². The van der Waals surface area contributed by atoms with E-state index in [4.69, 9.17) is 14.6 Å². The maximum atomic E-state index is 12.2. The standard InChI is InChI=1S/C22H26N2O7/c1-2-21(28)30-12-13-31-22(29)24-19-10-5-7-16-17(19)8-4-9-18(16)23-20(27)11-3-6-15(26)14-25/h2,4-5,7-10,15,25-26H,1,3,6,11-14H2,(H,23,27)(H,24,29). The number of carbonyl (C=O) groups excluding carboxylic acids is 3. The molecule has 0 aromatic heterocycles. The summed E-state index contributed by atoms with van der Waals surface area (Å²) in [5, 5.41) is 25.1. The molecule has 0 fully saturated rings. The molecule has 1 unspecified atom stereocenters. The number of hydrogen-bond acceptors (Lipinski definition) is 7. The predicted octanol–water partition coefficient (Wildman–Crippen LogP) is 2.58. The van der Waals surface area contributed by atoms with Gasteiger partial charge in [0.1, 0.15) is 13.2 Å². The van der Waals surface area contributed by atoms with Crippen LogP contribution in [0.4, 0.5) is 16.2 Å². The van der Waals surface area contributed by atoms with Crippen molar-refractivity contribution in [3.05, 3.63) is 49.1 Å². The lowest BCUT2D eigenvalue weighted by atomic mass is 10.1.